The number of hydrogen-bond acceptors (Lipinski definition) is 5. The Labute approximate surface area is 144 Å². The van der Waals surface area contributed by atoms with Crippen LogP contribution in [-0.4, -0.2) is 29.0 Å². The van der Waals surface area contributed by atoms with Gasteiger partial charge in [0, 0.05) is 23.3 Å². The lowest BCUT2D eigenvalue weighted by Crippen LogP contribution is -2.40. The van der Waals surface area contributed by atoms with Crippen molar-refractivity contribution in [2.75, 3.05) is 12.4 Å². The van der Waals surface area contributed by atoms with Crippen molar-refractivity contribution in [1.29, 1.82) is 0 Å². The zero-order chi connectivity index (χ0) is 16.8. The molecule has 2 aromatic heterocycles. The molecule has 0 aliphatic carbocycles. The summed E-state index contributed by atoms with van der Waals surface area (Å²) in [7, 11) is 1.79. The van der Waals surface area contributed by atoms with Crippen LogP contribution in [0.15, 0.2) is 60.2 Å². The van der Waals surface area contributed by atoms with Gasteiger partial charge in [-0.2, -0.15) is 0 Å². The van der Waals surface area contributed by atoms with Crippen LogP contribution in [0.4, 0.5) is 5.13 Å². The van der Waals surface area contributed by atoms with Crippen LogP contribution < -0.4 is 10.6 Å². The second-order valence-electron chi connectivity index (χ2n) is 5.29. The van der Waals surface area contributed by atoms with Gasteiger partial charge in [0.15, 0.2) is 5.13 Å². The van der Waals surface area contributed by atoms with Gasteiger partial charge in [0.25, 0.3) is 0 Å². The van der Waals surface area contributed by atoms with Crippen LogP contribution in [0.1, 0.15) is 5.56 Å². The third-order valence-electron chi connectivity index (χ3n) is 3.66. The lowest BCUT2D eigenvalue weighted by molar-refractivity contribution is -0.118. The largest absolute Gasteiger partial charge is 0.309 e. The third-order valence-corrected chi connectivity index (χ3v) is 4.42. The molecule has 3 aromatic rings. The molecule has 2 heterocycles. The van der Waals surface area contributed by atoms with Gasteiger partial charge >= 0.3 is 0 Å². The van der Waals surface area contributed by atoms with E-state index in [-0.39, 0.29) is 11.9 Å². The summed E-state index contributed by atoms with van der Waals surface area (Å²) in [6.07, 6.45) is 4.08. The summed E-state index contributed by atoms with van der Waals surface area (Å²) in [4.78, 5) is 20.9. The van der Waals surface area contributed by atoms with Gasteiger partial charge in [-0.1, -0.05) is 30.3 Å². The van der Waals surface area contributed by atoms with Crippen molar-refractivity contribution >= 4 is 22.4 Å². The van der Waals surface area contributed by atoms with E-state index in [1.54, 1.807) is 19.4 Å². The van der Waals surface area contributed by atoms with Crippen LogP contribution in [0.5, 0.6) is 0 Å². The van der Waals surface area contributed by atoms with Crippen molar-refractivity contribution in [1.82, 2.24) is 15.3 Å². The number of rotatable bonds is 6. The smallest absolute Gasteiger partial charge is 0.243 e. The molecule has 0 aliphatic heterocycles. The molecule has 2 N–H and O–H groups in total. The topological polar surface area (TPSA) is 66.9 Å². The highest BCUT2D eigenvalue weighted by Gasteiger charge is 2.18. The number of pyridine rings is 1. The summed E-state index contributed by atoms with van der Waals surface area (Å²) in [6.45, 7) is 0. The number of nitrogens with one attached hydrogen (secondary N) is 2. The van der Waals surface area contributed by atoms with Gasteiger partial charge in [-0.3, -0.25) is 9.78 Å². The van der Waals surface area contributed by atoms with E-state index in [0.29, 0.717) is 11.6 Å². The molecule has 0 radical (unpaired) electrons. The van der Waals surface area contributed by atoms with E-state index in [1.165, 1.54) is 11.3 Å². The number of carbonyl (C=O) groups excluding carboxylic acids is 1. The molecule has 6 heteroatoms. The molecule has 122 valence electrons. The fraction of sp³-hybridized carbons (Fsp3) is 0.167. The van der Waals surface area contributed by atoms with Gasteiger partial charge < -0.3 is 10.6 Å². The number of thiazole rings is 1. The number of likely N-dealkylation sites (N-methyl/N-ethyl adjacent to an activating group) is 1. The van der Waals surface area contributed by atoms with E-state index in [1.807, 2.05) is 47.8 Å². The number of amides is 1. The second-order valence-corrected chi connectivity index (χ2v) is 6.15. The lowest BCUT2D eigenvalue weighted by Gasteiger charge is -2.15. The Hall–Kier alpha value is -2.57. The van der Waals surface area contributed by atoms with Crippen LogP contribution in [0.3, 0.4) is 0 Å². The van der Waals surface area contributed by atoms with E-state index in [2.05, 4.69) is 20.6 Å². The molecule has 0 saturated heterocycles. The summed E-state index contributed by atoms with van der Waals surface area (Å²) < 4.78 is 0. The average molecular weight is 338 g/mol. The zero-order valence-corrected chi connectivity index (χ0v) is 14.1. The average Bonchev–Trinajstić information content (AvgIpc) is 3.09. The quantitative estimate of drug-likeness (QED) is 0.725. The highest BCUT2D eigenvalue weighted by Crippen LogP contribution is 2.24. The molecule has 5 nitrogen and oxygen atoms in total. The minimum Gasteiger partial charge on any atom is -0.309 e. The summed E-state index contributed by atoms with van der Waals surface area (Å²) >= 11 is 1.42. The monoisotopic (exact) mass is 338 g/mol. The Kier molecular flexibility index (Phi) is 5.30. The molecule has 0 bridgehead atoms. The first kappa shape index (κ1) is 16.3. The van der Waals surface area contributed by atoms with Crippen LogP contribution in [0.25, 0.3) is 11.3 Å². The predicted molar refractivity (Wildman–Crippen MR) is 97.0 cm³/mol. The van der Waals surface area contributed by atoms with Crippen LogP contribution in [-0.2, 0) is 11.2 Å². The molecule has 1 atom stereocenters. The molecule has 1 aromatic carbocycles. The Balaban J connectivity index is 1.66. The van der Waals surface area contributed by atoms with Crippen molar-refractivity contribution in [3.8, 4) is 11.3 Å². The van der Waals surface area contributed by atoms with Crippen molar-refractivity contribution in [2.24, 2.45) is 0 Å². The normalized spacial score (nSPS) is 11.9. The molecular weight excluding hydrogens is 320 g/mol. The number of benzene rings is 1. The number of aromatic nitrogens is 2. The lowest BCUT2D eigenvalue weighted by atomic mass is 10.1. The van der Waals surface area contributed by atoms with E-state index >= 15 is 0 Å². The highest BCUT2D eigenvalue weighted by molar-refractivity contribution is 7.14. The van der Waals surface area contributed by atoms with Crippen LogP contribution >= 0.6 is 11.3 Å². The fourth-order valence-corrected chi connectivity index (χ4v) is 3.08. The summed E-state index contributed by atoms with van der Waals surface area (Å²) in [5, 5.41) is 8.48. The highest BCUT2D eigenvalue weighted by atomic mass is 32.1. The maximum atomic E-state index is 12.5. The molecule has 0 fully saturated rings. The third kappa shape index (κ3) is 4.04. The number of hydrogen-bond donors (Lipinski definition) is 2. The van der Waals surface area contributed by atoms with E-state index in [9.17, 15) is 4.79 Å². The SMILES string of the molecule is CNC(Cc1ccccc1)C(=O)Nc1nc(-c2ccncc2)cs1. The Morgan fingerprint density at radius 2 is 1.92 bits per heavy atom. The Morgan fingerprint density at radius 3 is 2.62 bits per heavy atom. The zero-order valence-electron chi connectivity index (χ0n) is 13.3. The number of carbonyl (C=O) groups is 1. The van der Waals surface area contributed by atoms with Crippen LogP contribution in [0, 0.1) is 0 Å². The summed E-state index contributed by atoms with van der Waals surface area (Å²) in [6, 6.07) is 13.4. The summed E-state index contributed by atoms with van der Waals surface area (Å²) in [5.41, 5.74) is 2.93. The van der Waals surface area contributed by atoms with E-state index in [0.717, 1.165) is 16.8 Å². The molecular formula is C18H18N4OS. The van der Waals surface area contributed by atoms with Gasteiger partial charge in [0.2, 0.25) is 5.91 Å². The first-order chi connectivity index (χ1) is 11.8. The predicted octanol–water partition coefficient (Wildman–Crippen LogP) is 2.97. The number of nitrogens with zero attached hydrogens (tertiary/aromatic N) is 2. The minimum absolute atomic E-state index is 0.0861. The van der Waals surface area contributed by atoms with Gasteiger partial charge in [-0.05, 0) is 31.2 Å². The molecule has 1 unspecified atom stereocenters. The van der Waals surface area contributed by atoms with Crippen molar-refractivity contribution in [2.45, 2.75) is 12.5 Å². The van der Waals surface area contributed by atoms with Crippen molar-refractivity contribution < 1.29 is 4.79 Å². The van der Waals surface area contributed by atoms with Crippen LogP contribution in [0.2, 0.25) is 0 Å². The van der Waals surface area contributed by atoms with Gasteiger partial charge in [-0.25, -0.2) is 4.98 Å². The van der Waals surface area contributed by atoms with Crippen molar-refractivity contribution in [3.63, 3.8) is 0 Å². The molecule has 0 spiro atoms. The molecule has 1 amide bonds. The first-order valence-corrected chi connectivity index (χ1v) is 8.52. The van der Waals surface area contributed by atoms with Gasteiger partial charge in [0.05, 0.1) is 11.7 Å². The fourth-order valence-electron chi connectivity index (χ4n) is 2.35. The molecule has 0 aliphatic rings. The number of anilines is 1. The van der Waals surface area contributed by atoms with E-state index in [4.69, 9.17) is 0 Å². The molecule has 0 saturated carbocycles. The summed E-state index contributed by atoms with van der Waals surface area (Å²) in [5.74, 6) is -0.0861. The maximum absolute atomic E-state index is 12.5. The van der Waals surface area contributed by atoms with Crippen molar-refractivity contribution in [3.05, 3.63) is 65.8 Å². The maximum Gasteiger partial charge on any atom is 0.243 e. The first-order valence-electron chi connectivity index (χ1n) is 7.64. The second kappa shape index (κ2) is 7.81. The molecule has 3 rings (SSSR count). The van der Waals surface area contributed by atoms with Gasteiger partial charge in [0.1, 0.15) is 0 Å². The Morgan fingerprint density at radius 1 is 1.17 bits per heavy atom. The van der Waals surface area contributed by atoms with E-state index < -0.39 is 0 Å². The molecule has 24 heavy (non-hydrogen) atoms. The standard InChI is InChI=1S/C18H18N4OS/c1-19-15(11-13-5-3-2-4-6-13)17(23)22-18-21-16(12-24-18)14-7-9-20-10-8-14/h2-10,12,15,19H,11H2,1H3,(H,21,22,23). The van der Waals surface area contributed by atoms with Gasteiger partial charge in [-0.15, -0.1) is 11.3 Å². The Bertz CT molecular complexity index is 789. The minimum atomic E-state index is -0.305.